The summed E-state index contributed by atoms with van der Waals surface area (Å²) in [6, 6.07) is -3.53. The molecule has 680 valence electrons. The van der Waals surface area contributed by atoms with E-state index in [-0.39, 0.29) is 0 Å². The second kappa shape index (κ2) is 41.9. The van der Waals surface area contributed by atoms with Gasteiger partial charge in [-0.2, -0.15) is 0 Å². The van der Waals surface area contributed by atoms with Crippen molar-refractivity contribution in [3.63, 3.8) is 0 Å². The van der Waals surface area contributed by atoms with Gasteiger partial charge in [-0.1, -0.05) is 0 Å². The Morgan fingerprint density at radius 3 is 0.829 bits per heavy atom. The van der Waals surface area contributed by atoms with Crippen molar-refractivity contribution in [3.8, 4) is 0 Å². The van der Waals surface area contributed by atoms with Crippen LogP contribution in [0.15, 0.2) is 0 Å². The quantitative estimate of drug-likeness (QED) is 0.0318. The molecule has 10 aliphatic heterocycles. The lowest BCUT2D eigenvalue weighted by molar-refractivity contribution is -0.413. The maximum absolute atomic E-state index is 12.9. The van der Waals surface area contributed by atoms with Crippen LogP contribution in [0.2, 0.25) is 0 Å². The van der Waals surface area contributed by atoms with Crippen LogP contribution in [-0.2, 0) is 99.6 Å². The van der Waals surface area contributed by atoms with Crippen LogP contribution in [0.5, 0.6) is 0 Å². The number of nitrogens with one attached hydrogen (secondary N) is 2. The van der Waals surface area contributed by atoms with E-state index in [2.05, 4.69) is 10.6 Å². The Kier molecular flexibility index (Phi) is 34.4. The number of aliphatic hydroxyl groups is 30. The van der Waals surface area contributed by atoms with Crippen LogP contribution in [0.3, 0.4) is 0 Å². The molecule has 50 atom stereocenters. The minimum absolute atomic E-state index is 0.782. The summed E-state index contributed by atoms with van der Waals surface area (Å²) in [5.41, 5.74) is 0. The van der Waals surface area contributed by atoms with Crippen molar-refractivity contribution in [2.45, 2.75) is 321 Å². The summed E-state index contributed by atoms with van der Waals surface area (Å²) in [5, 5.41) is 337. The van der Waals surface area contributed by atoms with E-state index in [1.165, 1.54) is 0 Å². The van der Waals surface area contributed by atoms with Gasteiger partial charge in [0, 0.05) is 13.8 Å². The van der Waals surface area contributed by atoms with Crippen LogP contribution in [0.1, 0.15) is 13.8 Å². The van der Waals surface area contributed by atoms with Gasteiger partial charge < -0.3 is 254 Å². The van der Waals surface area contributed by atoms with Gasteiger partial charge in [-0.3, -0.25) is 9.59 Å². The molecule has 0 spiro atoms. The average Bonchev–Trinajstić information content (AvgIpc) is 0.766. The van der Waals surface area contributed by atoms with E-state index in [1.807, 2.05) is 0 Å². The normalized spacial score (nSPS) is 51.5. The molecule has 10 saturated heterocycles. The molecular formula is C64H108N2O51. The van der Waals surface area contributed by atoms with Gasteiger partial charge >= 0.3 is 0 Å². The molecule has 0 aromatic heterocycles. The zero-order chi connectivity index (χ0) is 85.9. The third-order valence-corrected chi connectivity index (χ3v) is 21.7. The molecule has 0 saturated carbocycles. The fourth-order valence-corrected chi connectivity index (χ4v) is 15.1. The highest BCUT2D eigenvalue weighted by molar-refractivity contribution is 5.73. The predicted octanol–water partition coefficient (Wildman–Crippen LogP) is -22.5. The van der Waals surface area contributed by atoms with E-state index in [1.54, 1.807) is 0 Å². The summed E-state index contributed by atoms with van der Waals surface area (Å²) in [4.78, 5) is 25.0. The first-order chi connectivity index (χ1) is 55.5. The highest BCUT2D eigenvalue weighted by Crippen LogP contribution is 2.41. The van der Waals surface area contributed by atoms with Gasteiger partial charge in [0.05, 0.1) is 66.1 Å². The van der Waals surface area contributed by atoms with Gasteiger partial charge in [-0.25, -0.2) is 0 Å². The van der Waals surface area contributed by atoms with Crippen molar-refractivity contribution in [2.75, 3.05) is 66.1 Å². The van der Waals surface area contributed by atoms with Crippen molar-refractivity contribution in [3.05, 3.63) is 0 Å². The molecule has 1 unspecified atom stereocenters. The number of carbonyl (C=O) groups is 2. The number of hydrogen-bond acceptors (Lipinski definition) is 51. The molecule has 10 rings (SSSR count). The zero-order valence-corrected chi connectivity index (χ0v) is 61.9. The molecule has 32 N–H and O–H groups in total. The minimum atomic E-state index is -2.55. The molecule has 117 heavy (non-hydrogen) atoms. The van der Waals surface area contributed by atoms with Crippen LogP contribution < -0.4 is 10.6 Å². The summed E-state index contributed by atoms with van der Waals surface area (Å²) < 4.78 is 111. The van der Waals surface area contributed by atoms with Crippen LogP contribution >= 0.6 is 0 Å². The van der Waals surface area contributed by atoms with E-state index in [9.17, 15) is 163 Å². The maximum Gasteiger partial charge on any atom is 0.217 e. The molecule has 10 fully saturated rings. The van der Waals surface area contributed by atoms with Gasteiger partial charge in [0.25, 0.3) is 0 Å². The van der Waals surface area contributed by atoms with Gasteiger partial charge in [-0.15, -0.1) is 0 Å². The van der Waals surface area contributed by atoms with Crippen LogP contribution in [0.4, 0.5) is 0 Å². The molecule has 0 bridgehead atoms. The molecule has 53 nitrogen and oxygen atoms in total. The molecule has 0 aromatic rings. The maximum atomic E-state index is 12.9. The van der Waals surface area contributed by atoms with E-state index in [4.69, 9.17) is 90.0 Å². The Hall–Kier alpha value is -3.02. The summed E-state index contributed by atoms with van der Waals surface area (Å²) in [6.45, 7) is -9.16. The average molecular weight is 1720 g/mol. The zero-order valence-electron chi connectivity index (χ0n) is 61.9. The Balaban J connectivity index is 0.921. The third kappa shape index (κ3) is 20.6. The SMILES string of the molecule is CC(=O)N[C@H]1[C@H](O[C@H]2[C@H](O)[C@@H](NC(C)=O)C(O)O[C@@H]2CO)O[C@H](CO)[C@@H](O[C@@H]2O[C@H](CO[C@H]3O[C@H](CO)[C@@H](O)[C@H](O)[C@@H]3O)[C@@H](O)[C@H](O[C@H]3O[C@H](CO)[C@@H](O)[C@H](O)[C@@H]3O[C@H]3O[C@H](CO)[C@@H](O)[C@H](O)[C@@H]3O[C@H]3O[C@H](CO)[C@@H](O)[C@H](O[C@H]4O[C@H](CO)[C@@H](O)[C@H](O[C@H]5O[C@H](CO)[C@@H](O)[C@H](O)[C@H]5O[C@H]5O[C@H](CO)[C@@H](O)[C@H](O)[C@H]5O)[C@H]4O)[C@@H]3O)[C@@H]2O)[C@@H]1O. The number of ether oxygens (including phenoxy) is 19. The molecule has 0 radical (unpaired) electrons. The lowest BCUT2D eigenvalue weighted by Gasteiger charge is -2.51. The Labute approximate surface area is 660 Å². The second-order valence-corrected chi connectivity index (χ2v) is 29.5. The van der Waals surface area contributed by atoms with Crippen LogP contribution in [0, 0.1) is 0 Å². The Morgan fingerprint density at radius 2 is 0.462 bits per heavy atom. The number of aliphatic hydroxyl groups excluding tert-OH is 30. The Bertz CT molecular complexity index is 3050. The van der Waals surface area contributed by atoms with Gasteiger partial charge in [0.1, 0.15) is 244 Å². The van der Waals surface area contributed by atoms with Crippen LogP contribution in [-0.4, -0.2) is 538 Å². The van der Waals surface area contributed by atoms with Gasteiger partial charge in [0.15, 0.2) is 62.9 Å². The predicted molar refractivity (Wildman–Crippen MR) is 353 cm³/mol. The number of rotatable bonds is 30. The van der Waals surface area contributed by atoms with Gasteiger partial charge in [-0.05, 0) is 0 Å². The summed E-state index contributed by atoms with van der Waals surface area (Å²) in [5.74, 6) is -1.71. The number of hydrogen-bond donors (Lipinski definition) is 32. The monoisotopic (exact) mass is 1720 g/mol. The van der Waals surface area contributed by atoms with Crippen molar-refractivity contribution >= 4 is 11.8 Å². The lowest BCUT2D eigenvalue weighted by atomic mass is 9.94. The molecule has 2 amide bonds. The summed E-state index contributed by atoms with van der Waals surface area (Å²) >= 11 is 0. The summed E-state index contributed by atoms with van der Waals surface area (Å²) in [6.07, 6.45) is -103. The molecule has 10 heterocycles. The smallest absolute Gasteiger partial charge is 0.217 e. The summed E-state index contributed by atoms with van der Waals surface area (Å²) in [7, 11) is 0. The third-order valence-electron chi connectivity index (χ3n) is 21.7. The fourth-order valence-electron chi connectivity index (χ4n) is 15.1. The van der Waals surface area contributed by atoms with Crippen LogP contribution in [0.25, 0.3) is 0 Å². The fraction of sp³-hybridized carbons (Fsp3) is 0.969. The number of carbonyl (C=O) groups excluding carboxylic acids is 2. The minimum Gasteiger partial charge on any atom is -0.394 e. The molecule has 53 heteroatoms. The number of amides is 2. The van der Waals surface area contributed by atoms with E-state index < -0.39 is 385 Å². The first kappa shape index (κ1) is 96.2. The standard InChI is InChI=1S/C64H108N2O51/c1-13(76)65-25-35(86)47(22(10-74)100-55(25)98)110-56-26(66-14(2)77)36(87)48(23(11-75)108-56)111-61-46(97)51(34(85)24(109-61)12-99-57-42(93)37(88)27(78)15(3-67)101-57)114-63-54(41(92)31(82)18(6-70)106-63)117-64-53(40(91)30(81)19(7-71)107-64)116-60-44(95)49(32(83)20(8-72)104-60)112-59-45(96)50(33(84)21(9-73)103-59)113-62-52(39(90)29(80)17(5-69)105-62)115-58-43(94)38(89)28(79)16(4-68)102-58/h15-64,67-75,78-98H,3-12H2,1-2H3,(H,65,76)(H,66,77)/t15-,16-,17-,18-,19-,20-,21-,22-,23-,24-,25-,26-,27-,28-,29-,30-,31-,32-,33-,34-,35-,36-,37+,38+,39+,40+,41+,42+,43-,44+,45-,46+,47-,48-,49+,50+,51+,52-,53+,54+,55?,56+,57+,58-,59-,60-,61+,62-,63-,64-/m1/s1. The highest BCUT2D eigenvalue weighted by atomic mass is 16.8. The van der Waals surface area contributed by atoms with E-state index >= 15 is 0 Å². The molecule has 0 aromatic carbocycles. The Morgan fingerprint density at radius 1 is 0.222 bits per heavy atom. The van der Waals surface area contributed by atoms with Crippen molar-refractivity contribution in [2.24, 2.45) is 0 Å². The largest absolute Gasteiger partial charge is 0.394 e. The second-order valence-electron chi connectivity index (χ2n) is 29.5. The highest BCUT2D eigenvalue weighted by Gasteiger charge is 2.62. The van der Waals surface area contributed by atoms with Gasteiger partial charge in [0.2, 0.25) is 11.8 Å². The lowest BCUT2D eigenvalue weighted by Crippen LogP contribution is -2.70. The molecule has 10 aliphatic rings. The van der Waals surface area contributed by atoms with E-state index in [0.29, 0.717) is 0 Å². The molecular weight excluding hydrogens is 1610 g/mol. The topological polar surface area (TPSA) is 840 Å². The van der Waals surface area contributed by atoms with Crippen molar-refractivity contribution in [1.82, 2.24) is 10.6 Å². The van der Waals surface area contributed by atoms with Crippen molar-refractivity contribution < 1.29 is 253 Å². The first-order valence-corrected chi connectivity index (χ1v) is 37.2. The van der Waals surface area contributed by atoms with Crippen molar-refractivity contribution in [1.29, 1.82) is 0 Å². The molecule has 0 aliphatic carbocycles. The van der Waals surface area contributed by atoms with E-state index in [0.717, 1.165) is 13.8 Å². The first-order valence-electron chi connectivity index (χ1n) is 37.2.